The van der Waals surface area contributed by atoms with E-state index in [0.717, 1.165) is 54.0 Å². The quantitative estimate of drug-likeness (QED) is 0.466. The molecule has 1 saturated heterocycles. The van der Waals surface area contributed by atoms with Crippen molar-refractivity contribution < 1.29 is 23.2 Å². The molecule has 164 valence electrons. The van der Waals surface area contributed by atoms with Crippen LogP contribution < -0.4 is 4.74 Å². The van der Waals surface area contributed by atoms with E-state index in [4.69, 9.17) is 14.2 Å². The van der Waals surface area contributed by atoms with Crippen LogP contribution in [0.1, 0.15) is 57.6 Å². The van der Waals surface area contributed by atoms with Gasteiger partial charge in [-0.2, -0.15) is 0 Å². The molecule has 1 aliphatic heterocycles. The summed E-state index contributed by atoms with van der Waals surface area (Å²) in [5, 5.41) is 0. The highest BCUT2D eigenvalue weighted by Crippen LogP contribution is 2.30. The van der Waals surface area contributed by atoms with Gasteiger partial charge in [0.2, 0.25) is 0 Å². The van der Waals surface area contributed by atoms with E-state index in [1.54, 1.807) is 7.11 Å². The van der Waals surface area contributed by atoms with E-state index >= 15 is 0 Å². The number of ether oxygens (including phenoxy) is 3. The molecule has 2 rings (SSSR count). The zero-order valence-electron chi connectivity index (χ0n) is 18.6. The number of piperidine rings is 1. The Balaban J connectivity index is 1.97. The first-order valence-corrected chi connectivity index (χ1v) is 11.4. The number of carbonyl (C=O) groups is 1. The van der Waals surface area contributed by atoms with Crippen molar-refractivity contribution in [1.82, 2.24) is 4.31 Å². The van der Waals surface area contributed by atoms with Crippen LogP contribution in [0.4, 0.5) is 0 Å². The molecule has 0 aromatic heterocycles. The Hall–Kier alpha value is -1.44. The van der Waals surface area contributed by atoms with E-state index < -0.39 is 16.6 Å². The molecular formula is C22H35NO5S. The average Bonchev–Trinajstić information content (AvgIpc) is 2.63. The minimum Gasteiger partial charge on any atom is -0.497 e. The van der Waals surface area contributed by atoms with Gasteiger partial charge in [0, 0.05) is 19.2 Å². The number of esters is 1. The second-order valence-corrected chi connectivity index (χ2v) is 9.93. The largest absolute Gasteiger partial charge is 0.497 e. The smallest absolute Gasteiger partial charge is 0.332 e. The number of rotatable bonds is 8. The predicted molar refractivity (Wildman–Crippen MR) is 115 cm³/mol. The molecule has 2 unspecified atom stereocenters. The fourth-order valence-corrected chi connectivity index (χ4v) is 5.33. The van der Waals surface area contributed by atoms with Crippen molar-refractivity contribution in [2.24, 2.45) is 0 Å². The molecule has 29 heavy (non-hydrogen) atoms. The van der Waals surface area contributed by atoms with Crippen LogP contribution in [-0.4, -0.2) is 53.0 Å². The first-order chi connectivity index (χ1) is 13.6. The van der Waals surface area contributed by atoms with Gasteiger partial charge in [-0.25, -0.2) is 13.3 Å². The Kier molecular flexibility index (Phi) is 8.67. The molecule has 0 N–H and O–H groups in total. The van der Waals surface area contributed by atoms with Crippen LogP contribution in [0.25, 0.3) is 0 Å². The van der Waals surface area contributed by atoms with Crippen LogP contribution in [0.15, 0.2) is 17.0 Å². The summed E-state index contributed by atoms with van der Waals surface area (Å²) >= 11 is 0. The van der Waals surface area contributed by atoms with Crippen molar-refractivity contribution in [1.29, 1.82) is 0 Å². The maximum absolute atomic E-state index is 13.4. The monoisotopic (exact) mass is 425 g/mol. The Bertz CT molecular complexity index is 705. The summed E-state index contributed by atoms with van der Waals surface area (Å²) in [5.74, 6) is 0.428. The number of aryl methyl sites for hydroxylation is 2. The second kappa shape index (κ2) is 10.5. The molecule has 0 spiro atoms. The summed E-state index contributed by atoms with van der Waals surface area (Å²) in [6.07, 6.45) is 3.87. The molecule has 1 fully saturated rings. The second-order valence-electron chi connectivity index (χ2n) is 8.56. The SMILES string of the molecule is COc1cc(C)c(S(=O)N2CCCCC2CCOCC(=O)OC(C)(C)C)c(C)c1. The van der Waals surface area contributed by atoms with Crippen LogP contribution in [0.5, 0.6) is 5.75 Å². The standard InChI is InChI=1S/C22H35NO5S/c1-16-13-19(26-6)14-17(2)21(16)29(25)23-11-8-7-9-18(23)10-12-27-15-20(24)28-22(3,4)5/h13-14,18H,7-12,15H2,1-6H3. The van der Waals surface area contributed by atoms with Gasteiger partial charge in [-0.3, -0.25) is 0 Å². The van der Waals surface area contributed by atoms with Crippen LogP contribution in [0.3, 0.4) is 0 Å². The van der Waals surface area contributed by atoms with E-state index in [1.165, 1.54) is 0 Å². The summed E-state index contributed by atoms with van der Waals surface area (Å²) in [7, 11) is 0.411. The third-order valence-electron chi connectivity index (χ3n) is 4.87. The molecule has 0 radical (unpaired) electrons. The number of methoxy groups -OCH3 is 1. The van der Waals surface area contributed by atoms with Gasteiger partial charge in [0.15, 0.2) is 0 Å². The molecule has 1 aromatic rings. The van der Waals surface area contributed by atoms with E-state index in [-0.39, 0.29) is 18.6 Å². The Morgan fingerprint density at radius 1 is 1.21 bits per heavy atom. The summed E-state index contributed by atoms with van der Waals surface area (Å²) in [6, 6.07) is 4.04. The summed E-state index contributed by atoms with van der Waals surface area (Å²) < 4.78 is 31.6. The van der Waals surface area contributed by atoms with Crippen LogP contribution in [-0.2, 0) is 25.3 Å². The third kappa shape index (κ3) is 7.08. The molecule has 1 aliphatic rings. The lowest BCUT2D eigenvalue weighted by Crippen LogP contribution is -2.41. The predicted octanol–water partition coefficient (Wildman–Crippen LogP) is 3.94. The van der Waals surface area contributed by atoms with Crippen molar-refractivity contribution in [3.8, 4) is 5.75 Å². The lowest BCUT2D eigenvalue weighted by Gasteiger charge is -2.35. The van der Waals surface area contributed by atoms with Gasteiger partial charge in [0.25, 0.3) is 0 Å². The fraction of sp³-hybridized carbons (Fsp3) is 0.682. The highest BCUT2D eigenvalue weighted by Gasteiger charge is 2.29. The fourth-order valence-electron chi connectivity index (χ4n) is 3.65. The molecule has 7 heteroatoms. The lowest BCUT2D eigenvalue weighted by atomic mass is 10.0. The van der Waals surface area contributed by atoms with Gasteiger partial charge >= 0.3 is 5.97 Å². The maximum Gasteiger partial charge on any atom is 0.332 e. The first-order valence-electron chi connectivity index (χ1n) is 10.3. The number of carbonyl (C=O) groups excluding carboxylic acids is 1. The van der Waals surface area contributed by atoms with Crippen molar-refractivity contribution in [3.63, 3.8) is 0 Å². The van der Waals surface area contributed by atoms with Gasteiger partial charge in [-0.1, -0.05) is 6.42 Å². The lowest BCUT2D eigenvalue weighted by molar-refractivity contribution is -0.160. The minimum absolute atomic E-state index is 0.0518. The van der Waals surface area contributed by atoms with E-state index in [9.17, 15) is 9.00 Å². The van der Waals surface area contributed by atoms with E-state index in [2.05, 4.69) is 4.31 Å². The first kappa shape index (κ1) is 23.8. The van der Waals surface area contributed by atoms with Gasteiger partial charge in [0.05, 0.1) is 12.0 Å². The topological polar surface area (TPSA) is 65.1 Å². The molecule has 2 atom stereocenters. The zero-order valence-corrected chi connectivity index (χ0v) is 19.4. The molecule has 1 aromatic carbocycles. The Morgan fingerprint density at radius 2 is 1.86 bits per heavy atom. The maximum atomic E-state index is 13.4. The van der Waals surface area contributed by atoms with E-state index in [1.807, 2.05) is 46.8 Å². The van der Waals surface area contributed by atoms with E-state index in [0.29, 0.717) is 6.61 Å². The normalized spacial score (nSPS) is 19.0. The number of hydrogen-bond acceptors (Lipinski definition) is 5. The summed E-state index contributed by atoms with van der Waals surface area (Å²) in [4.78, 5) is 12.6. The number of hydrogen-bond donors (Lipinski definition) is 0. The van der Waals surface area contributed by atoms with Gasteiger partial charge in [-0.15, -0.1) is 0 Å². The van der Waals surface area contributed by atoms with Crippen LogP contribution in [0, 0.1) is 13.8 Å². The highest BCUT2D eigenvalue weighted by molar-refractivity contribution is 7.82. The van der Waals surface area contributed by atoms with Crippen molar-refractivity contribution in [3.05, 3.63) is 23.3 Å². The van der Waals surface area contributed by atoms with Gasteiger partial charge < -0.3 is 14.2 Å². The Labute approximate surface area is 177 Å². The van der Waals surface area contributed by atoms with Crippen molar-refractivity contribution >= 4 is 17.0 Å². The average molecular weight is 426 g/mol. The molecule has 1 heterocycles. The van der Waals surface area contributed by atoms with Gasteiger partial charge in [0.1, 0.15) is 28.9 Å². The molecule has 0 amide bonds. The summed E-state index contributed by atoms with van der Waals surface area (Å²) in [6.45, 7) is 10.7. The molecular weight excluding hydrogens is 390 g/mol. The molecule has 6 nitrogen and oxygen atoms in total. The minimum atomic E-state index is -1.23. The van der Waals surface area contributed by atoms with Crippen molar-refractivity contribution in [2.75, 3.05) is 26.9 Å². The van der Waals surface area contributed by atoms with Crippen LogP contribution >= 0.6 is 0 Å². The number of nitrogens with zero attached hydrogens (tertiary/aromatic N) is 1. The van der Waals surface area contributed by atoms with Gasteiger partial charge in [-0.05, 0) is 77.1 Å². The third-order valence-corrected chi connectivity index (χ3v) is 6.77. The zero-order chi connectivity index (χ0) is 21.6. The highest BCUT2D eigenvalue weighted by atomic mass is 32.2. The molecule has 0 saturated carbocycles. The number of benzene rings is 1. The van der Waals surface area contributed by atoms with Crippen molar-refractivity contribution in [2.45, 2.75) is 76.8 Å². The molecule has 0 bridgehead atoms. The summed E-state index contributed by atoms with van der Waals surface area (Å²) in [5.41, 5.74) is 1.45. The molecule has 0 aliphatic carbocycles. The Morgan fingerprint density at radius 3 is 2.45 bits per heavy atom. The van der Waals surface area contributed by atoms with Crippen LogP contribution in [0.2, 0.25) is 0 Å².